The summed E-state index contributed by atoms with van der Waals surface area (Å²) in [7, 11) is -4.02. The summed E-state index contributed by atoms with van der Waals surface area (Å²) >= 11 is 0. The number of halogens is 2. The molecular formula is C17H16ClFN2O3S. The predicted octanol–water partition coefficient (Wildman–Crippen LogP) is 2.79. The van der Waals surface area contributed by atoms with Gasteiger partial charge in [-0.25, -0.2) is 16.8 Å². The summed E-state index contributed by atoms with van der Waals surface area (Å²) in [6, 6.07) is 12.3. The van der Waals surface area contributed by atoms with E-state index in [1.54, 1.807) is 24.3 Å². The first-order valence-electron chi connectivity index (χ1n) is 7.55. The molecule has 2 heterocycles. The van der Waals surface area contributed by atoms with E-state index in [1.807, 2.05) is 0 Å². The average Bonchev–Trinajstić information content (AvgIpc) is 2.96. The highest BCUT2D eigenvalue weighted by Crippen LogP contribution is 2.30. The van der Waals surface area contributed by atoms with Crippen molar-refractivity contribution in [3.63, 3.8) is 0 Å². The van der Waals surface area contributed by atoms with Crippen molar-refractivity contribution in [2.24, 2.45) is 0 Å². The molecule has 4 rings (SSSR count). The standard InChI is InChI=1S/C17H15FN2O3S.ClH/c18-14-4-1-2-7-17(14)24(21,22)20-9-8-13-15(20)5-3-6-16(13)23-12-10-19-11-12;/h1-9,12,19H,10-11H2;1H. The van der Waals surface area contributed by atoms with E-state index < -0.39 is 15.8 Å². The molecule has 5 nitrogen and oxygen atoms in total. The summed E-state index contributed by atoms with van der Waals surface area (Å²) in [4.78, 5) is -0.350. The van der Waals surface area contributed by atoms with Gasteiger partial charge in [0.15, 0.2) is 0 Å². The molecule has 0 spiro atoms. The molecule has 3 aromatic rings. The van der Waals surface area contributed by atoms with Crippen LogP contribution in [0.5, 0.6) is 5.75 Å². The molecule has 1 N–H and O–H groups in total. The topological polar surface area (TPSA) is 60.3 Å². The number of aromatic nitrogens is 1. The van der Waals surface area contributed by atoms with Crippen molar-refractivity contribution in [1.29, 1.82) is 0 Å². The van der Waals surface area contributed by atoms with Crippen LogP contribution < -0.4 is 10.1 Å². The highest BCUT2D eigenvalue weighted by molar-refractivity contribution is 7.90. The van der Waals surface area contributed by atoms with E-state index in [1.165, 1.54) is 24.4 Å². The zero-order valence-corrected chi connectivity index (χ0v) is 14.7. The van der Waals surface area contributed by atoms with Crippen molar-refractivity contribution in [1.82, 2.24) is 9.29 Å². The fraction of sp³-hybridized carbons (Fsp3) is 0.176. The van der Waals surface area contributed by atoms with Crippen LogP contribution in [0.3, 0.4) is 0 Å². The molecule has 1 saturated heterocycles. The van der Waals surface area contributed by atoms with Crippen molar-refractivity contribution in [2.45, 2.75) is 11.0 Å². The van der Waals surface area contributed by atoms with Gasteiger partial charge >= 0.3 is 0 Å². The monoisotopic (exact) mass is 382 g/mol. The largest absolute Gasteiger partial charge is 0.487 e. The Hall–Kier alpha value is -2.09. The van der Waals surface area contributed by atoms with Crippen molar-refractivity contribution in [3.05, 3.63) is 60.5 Å². The third-order valence-corrected chi connectivity index (χ3v) is 5.79. The van der Waals surface area contributed by atoms with Gasteiger partial charge < -0.3 is 10.1 Å². The molecule has 0 unspecified atom stereocenters. The minimum absolute atomic E-state index is 0. The molecule has 1 aliphatic heterocycles. The van der Waals surface area contributed by atoms with Crippen molar-refractivity contribution in [3.8, 4) is 5.75 Å². The number of nitrogens with zero attached hydrogens (tertiary/aromatic N) is 1. The highest BCUT2D eigenvalue weighted by atomic mass is 35.5. The second-order valence-corrected chi connectivity index (χ2v) is 7.42. The van der Waals surface area contributed by atoms with E-state index >= 15 is 0 Å². The molecule has 132 valence electrons. The van der Waals surface area contributed by atoms with Gasteiger partial charge in [-0.2, -0.15) is 0 Å². The van der Waals surface area contributed by atoms with E-state index in [-0.39, 0.29) is 23.4 Å². The van der Waals surface area contributed by atoms with Crippen molar-refractivity contribution >= 4 is 33.3 Å². The Morgan fingerprint density at radius 3 is 2.52 bits per heavy atom. The normalized spacial score (nSPS) is 14.8. The second kappa shape index (κ2) is 6.67. The van der Waals surface area contributed by atoms with Gasteiger partial charge in [0.1, 0.15) is 22.6 Å². The molecule has 0 atom stereocenters. The van der Waals surface area contributed by atoms with E-state index in [4.69, 9.17) is 4.74 Å². The van der Waals surface area contributed by atoms with E-state index in [2.05, 4.69) is 5.32 Å². The number of ether oxygens (including phenoxy) is 1. The third-order valence-electron chi connectivity index (χ3n) is 4.07. The maximum absolute atomic E-state index is 14.0. The maximum atomic E-state index is 14.0. The van der Waals surface area contributed by atoms with Crippen LogP contribution in [-0.2, 0) is 10.0 Å². The van der Waals surface area contributed by atoms with Crippen LogP contribution in [0, 0.1) is 5.82 Å². The van der Waals surface area contributed by atoms with Gasteiger partial charge in [-0.3, -0.25) is 0 Å². The first kappa shape index (κ1) is 17.7. The third kappa shape index (κ3) is 2.99. The average molecular weight is 383 g/mol. The molecule has 8 heteroatoms. The van der Waals surface area contributed by atoms with E-state index in [0.29, 0.717) is 16.7 Å². The maximum Gasteiger partial charge on any atom is 0.271 e. The SMILES string of the molecule is Cl.O=S(=O)(c1ccccc1F)n1ccc2c(OC3CNC3)cccc21. The number of rotatable bonds is 4. The van der Waals surface area contributed by atoms with Gasteiger partial charge in [0.2, 0.25) is 0 Å². The minimum Gasteiger partial charge on any atom is -0.487 e. The summed E-state index contributed by atoms with van der Waals surface area (Å²) in [6.07, 6.45) is 1.51. The second-order valence-electron chi connectivity index (χ2n) is 5.63. The molecule has 2 aromatic carbocycles. The molecule has 1 aromatic heterocycles. The van der Waals surface area contributed by atoms with Gasteiger partial charge in [0, 0.05) is 24.7 Å². The Morgan fingerprint density at radius 1 is 1.08 bits per heavy atom. The minimum atomic E-state index is -4.02. The van der Waals surface area contributed by atoms with Crippen LogP contribution in [0.25, 0.3) is 10.9 Å². The quantitative estimate of drug-likeness (QED) is 0.753. The van der Waals surface area contributed by atoms with Crippen molar-refractivity contribution < 1.29 is 17.5 Å². The number of hydrogen-bond donors (Lipinski definition) is 1. The number of fused-ring (bicyclic) bond motifs is 1. The molecule has 25 heavy (non-hydrogen) atoms. The van der Waals surface area contributed by atoms with E-state index in [0.717, 1.165) is 23.1 Å². The Bertz CT molecular complexity index is 1020. The van der Waals surface area contributed by atoms with Crippen LogP contribution in [0.4, 0.5) is 4.39 Å². The van der Waals surface area contributed by atoms with Crippen LogP contribution in [0.2, 0.25) is 0 Å². The zero-order valence-electron chi connectivity index (χ0n) is 13.1. The predicted molar refractivity (Wildman–Crippen MR) is 95.5 cm³/mol. The lowest BCUT2D eigenvalue weighted by atomic mass is 10.2. The lowest BCUT2D eigenvalue weighted by molar-refractivity contribution is 0.144. The first-order chi connectivity index (χ1) is 11.6. The smallest absolute Gasteiger partial charge is 0.271 e. The highest BCUT2D eigenvalue weighted by Gasteiger charge is 2.24. The Kier molecular flexibility index (Phi) is 4.73. The molecule has 1 aliphatic rings. The summed E-state index contributed by atoms with van der Waals surface area (Å²) in [5.41, 5.74) is 0.461. The molecular weight excluding hydrogens is 367 g/mol. The van der Waals surface area contributed by atoms with Crippen molar-refractivity contribution in [2.75, 3.05) is 13.1 Å². The van der Waals surface area contributed by atoms with Gasteiger partial charge in [-0.1, -0.05) is 18.2 Å². The first-order valence-corrected chi connectivity index (χ1v) is 8.99. The van der Waals surface area contributed by atoms with Crippen LogP contribution >= 0.6 is 12.4 Å². The van der Waals surface area contributed by atoms with Gasteiger partial charge in [0.05, 0.1) is 5.52 Å². The van der Waals surface area contributed by atoms with Crippen LogP contribution in [-0.4, -0.2) is 31.6 Å². The number of hydrogen-bond acceptors (Lipinski definition) is 4. The summed E-state index contributed by atoms with van der Waals surface area (Å²) in [5, 5.41) is 3.80. The number of nitrogens with one attached hydrogen (secondary N) is 1. The molecule has 0 aliphatic carbocycles. The lowest BCUT2D eigenvalue weighted by Crippen LogP contribution is -2.50. The molecule has 0 bridgehead atoms. The summed E-state index contributed by atoms with van der Waals surface area (Å²) in [5.74, 6) is -0.145. The van der Waals surface area contributed by atoms with Gasteiger partial charge in [-0.15, -0.1) is 12.4 Å². The van der Waals surface area contributed by atoms with E-state index in [9.17, 15) is 12.8 Å². The Labute approximate surface area is 150 Å². The fourth-order valence-electron chi connectivity index (χ4n) is 2.71. The van der Waals surface area contributed by atoms with Crippen LogP contribution in [0.15, 0.2) is 59.6 Å². The molecule has 1 fully saturated rings. The Balaban J connectivity index is 0.00000182. The number of benzene rings is 2. The van der Waals surface area contributed by atoms with Crippen LogP contribution in [0.1, 0.15) is 0 Å². The van der Waals surface area contributed by atoms with Gasteiger partial charge in [0.25, 0.3) is 10.0 Å². The lowest BCUT2D eigenvalue weighted by Gasteiger charge is -2.28. The molecule has 0 saturated carbocycles. The molecule has 0 amide bonds. The summed E-state index contributed by atoms with van der Waals surface area (Å²) in [6.45, 7) is 1.54. The summed E-state index contributed by atoms with van der Waals surface area (Å²) < 4.78 is 46.5. The Morgan fingerprint density at radius 2 is 1.84 bits per heavy atom. The molecule has 0 radical (unpaired) electrons. The zero-order chi connectivity index (χ0) is 16.7. The van der Waals surface area contributed by atoms with Gasteiger partial charge in [-0.05, 0) is 30.3 Å². The fourth-order valence-corrected chi connectivity index (χ4v) is 4.13.